The number of carbonyl (C=O) groups is 1. The maximum absolute atomic E-state index is 11.2. The molecule has 0 unspecified atom stereocenters. The molecule has 1 heterocycles. The first-order valence-electron chi connectivity index (χ1n) is 5.87. The van der Waals surface area contributed by atoms with Gasteiger partial charge < -0.3 is 15.3 Å². The predicted molar refractivity (Wildman–Crippen MR) is 81.5 cm³/mol. The number of aromatic carboxylic acids is 1. The highest BCUT2D eigenvalue weighted by Crippen LogP contribution is 2.26. The lowest BCUT2D eigenvalue weighted by Crippen LogP contribution is -2.09. The Bertz CT molecular complexity index is 784. The van der Waals surface area contributed by atoms with Gasteiger partial charge in [0, 0.05) is 11.6 Å². The molecule has 6 heteroatoms. The number of carboxylic acids is 1. The van der Waals surface area contributed by atoms with E-state index in [1.165, 1.54) is 12.1 Å². The Morgan fingerprint density at radius 2 is 2.05 bits per heavy atom. The van der Waals surface area contributed by atoms with Crippen molar-refractivity contribution in [2.45, 2.75) is 0 Å². The molecule has 21 heavy (non-hydrogen) atoms. The van der Waals surface area contributed by atoms with Crippen LogP contribution in [0.4, 0.5) is 0 Å². The molecular formula is C15H10N2O3S. The molecule has 0 bridgehead atoms. The second-order valence-corrected chi connectivity index (χ2v) is 4.53. The van der Waals surface area contributed by atoms with Crippen molar-refractivity contribution in [1.29, 1.82) is 5.26 Å². The average Bonchev–Trinajstić information content (AvgIpc) is 2.92. The van der Waals surface area contributed by atoms with E-state index in [0.717, 1.165) is 0 Å². The summed E-state index contributed by atoms with van der Waals surface area (Å²) in [5.74, 6) is -0.283. The number of benzene rings is 1. The largest absolute Gasteiger partial charge is 0.478 e. The van der Waals surface area contributed by atoms with Gasteiger partial charge in [-0.15, -0.1) is 0 Å². The van der Waals surface area contributed by atoms with Gasteiger partial charge >= 0.3 is 5.97 Å². The van der Waals surface area contributed by atoms with Gasteiger partial charge in [-0.25, -0.2) is 4.79 Å². The Labute approximate surface area is 125 Å². The van der Waals surface area contributed by atoms with Crippen molar-refractivity contribution in [1.82, 2.24) is 0 Å². The molecule has 104 valence electrons. The lowest BCUT2D eigenvalue weighted by Gasteiger charge is -2.02. The maximum atomic E-state index is 11.2. The summed E-state index contributed by atoms with van der Waals surface area (Å²) in [6.07, 6.45) is 1.41. The normalized spacial score (nSPS) is 10.9. The highest BCUT2D eigenvalue weighted by atomic mass is 32.1. The van der Waals surface area contributed by atoms with Crippen molar-refractivity contribution in [3.05, 3.63) is 53.3 Å². The highest BCUT2D eigenvalue weighted by Gasteiger charge is 2.13. The van der Waals surface area contributed by atoms with Gasteiger partial charge in [0.25, 0.3) is 0 Å². The van der Waals surface area contributed by atoms with Crippen LogP contribution in [-0.4, -0.2) is 16.1 Å². The fourth-order valence-corrected chi connectivity index (χ4v) is 1.86. The van der Waals surface area contributed by atoms with Crippen LogP contribution in [0.1, 0.15) is 16.1 Å². The zero-order valence-electron chi connectivity index (χ0n) is 10.7. The Balaban J connectivity index is 2.45. The van der Waals surface area contributed by atoms with E-state index >= 15 is 0 Å². The zero-order chi connectivity index (χ0) is 15.4. The van der Waals surface area contributed by atoms with Crippen LogP contribution in [-0.2, 0) is 0 Å². The molecule has 0 fully saturated rings. The van der Waals surface area contributed by atoms with E-state index in [4.69, 9.17) is 32.7 Å². The fraction of sp³-hybridized carbons (Fsp3) is 0. The van der Waals surface area contributed by atoms with Crippen LogP contribution in [0.5, 0.6) is 0 Å². The first-order chi connectivity index (χ1) is 10.0. The first-order valence-corrected chi connectivity index (χ1v) is 6.28. The fourth-order valence-electron chi connectivity index (χ4n) is 1.76. The van der Waals surface area contributed by atoms with Crippen LogP contribution in [0.25, 0.3) is 17.4 Å². The molecule has 0 amide bonds. The van der Waals surface area contributed by atoms with Gasteiger partial charge in [0.15, 0.2) is 0 Å². The van der Waals surface area contributed by atoms with Crippen LogP contribution in [0.3, 0.4) is 0 Å². The van der Waals surface area contributed by atoms with Crippen molar-refractivity contribution in [2.75, 3.05) is 0 Å². The van der Waals surface area contributed by atoms with E-state index in [0.29, 0.717) is 17.1 Å². The Kier molecular flexibility index (Phi) is 4.16. The Morgan fingerprint density at radius 3 is 2.67 bits per heavy atom. The summed E-state index contributed by atoms with van der Waals surface area (Å²) in [4.78, 5) is 11.2. The van der Waals surface area contributed by atoms with Crippen molar-refractivity contribution in [3.63, 3.8) is 0 Å². The van der Waals surface area contributed by atoms with Crippen LogP contribution in [0, 0.1) is 11.3 Å². The highest BCUT2D eigenvalue weighted by molar-refractivity contribution is 7.80. The summed E-state index contributed by atoms with van der Waals surface area (Å²) < 4.78 is 5.54. The molecule has 0 radical (unpaired) electrons. The quantitative estimate of drug-likeness (QED) is 0.511. The standard InChI is InChI=1S/C15H10N2O3S/c16-8-9(14(17)21)7-10-5-6-13(20-10)11-3-1-2-4-12(11)15(18)19/h1-7H,(H2,17,21)(H,18,19)/b9-7-. The predicted octanol–water partition coefficient (Wildman–Crippen LogP) is 2.84. The number of hydrogen-bond donors (Lipinski definition) is 2. The second kappa shape index (κ2) is 6.03. The van der Waals surface area contributed by atoms with Crippen molar-refractivity contribution in [3.8, 4) is 17.4 Å². The van der Waals surface area contributed by atoms with E-state index in [9.17, 15) is 4.79 Å². The van der Waals surface area contributed by atoms with Gasteiger partial charge in [-0.3, -0.25) is 0 Å². The van der Waals surface area contributed by atoms with E-state index in [2.05, 4.69) is 0 Å². The topological polar surface area (TPSA) is 100 Å². The second-order valence-electron chi connectivity index (χ2n) is 4.09. The van der Waals surface area contributed by atoms with E-state index < -0.39 is 5.97 Å². The molecule has 0 atom stereocenters. The minimum atomic E-state index is -1.04. The number of carboxylic acid groups (broad SMARTS) is 1. The van der Waals surface area contributed by atoms with Gasteiger partial charge in [-0.05, 0) is 18.2 Å². The monoisotopic (exact) mass is 298 g/mol. The number of nitrogens with zero attached hydrogens (tertiary/aromatic N) is 1. The third-order valence-electron chi connectivity index (χ3n) is 2.72. The van der Waals surface area contributed by atoms with Gasteiger partial charge in [-0.1, -0.05) is 30.4 Å². The summed E-state index contributed by atoms with van der Waals surface area (Å²) in [6, 6.07) is 11.6. The van der Waals surface area contributed by atoms with Crippen molar-refractivity contribution in [2.24, 2.45) is 5.73 Å². The average molecular weight is 298 g/mol. The molecular weight excluding hydrogens is 288 g/mol. The van der Waals surface area contributed by atoms with Gasteiger partial charge in [0.1, 0.15) is 22.6 Å². The number of thiocarbonyl (C=S) groups is 1. The SMILES string of the molecule is N#C/C(=C/c1ccc(-c2ccccc2C(=O)O)o1)C(N)=S. The minimum Gasteiger partial charge on any atom is -0.478 e. The molecule has 0 aliphatic carbocycles. The Hall–Kier alpha value is -2.91. The number of nitriles is 1. The van der Waals surface area contributed by atoms with Gasteiger partial charge in [-0.2, -0.15) is 5.26 Å². The number of furan rings is 1. The third kappa shape index (κ3) is 3.16. The molecule has 3 N–H and O–H groups in total. The summed E-state index contributed by atoms with van der Waals surface area (Å²) in [7, 11) is 0. The molecule has 0 spiro atoms. The van der Waals surface area contributed by atoms with Crippen LogP contribution < -0.4 is 5.73 Å². The lowest BCUT2D eigenvalue weighted by atomic mass is 10.1. The van der Waals surface area contributed by atoms with Crippen LogP contribution in [0.2, 0.25) is 0 Å². The molecule has 0 aliphatic heterocycles. The number of rotatable bonds is 4. The van der Waals surface area contributed by atoms with Crippen molar-refractivity contribution >= 4 is 29.3 Å². The third-order valence-corrected chi connectivity index (χ3v) is 2.94. The minimum absolute atomic E-state index is 0.0265. The van der Waals surface area contributed by atoms with Crippen molar-refractivity contribution < 1.29 is 14.3 Å². The molecule has 1 aromatic carbocycles. The summed E-state index contributed by atoms with van der Waals surface area (Å²) >= 11 is 4.74. The van der Waals surface area contributed by atoms with E-state index in [1.807, 2.05) is 6.07 Å². The maximum Gasteiger partial charge on any atom is 0.336 e. The molecule has 0 saturated carbocycles. The van der Waals surface area contributed by atoms with Gasteiger partial charge in [0.05, 0.1) is 11.1 Å². The summed E-state index contributed by atoms with van der Waals surface area (Å²) in [5.41, 5.74) is 6.11. The molecule has 1 aromatic heterocycles. The zero-order valence-corrected chi connectivity index (χ0v) is 11.6. The summed E-state index contributed by atoms with van der Waals surface area (Å²) in [6.45, 7) is 0. The van der Waals surface area contributed by atoms with Crippen LogP contribution in [0.15, 0.2) is 46.4 Å². The van der Waals surface area contributed by atoms with E-state index in [-0.39, 0.29) is 16.1 Å². The molecule has 5 nitrogen and oxygen atoms in total. The molecule has 0 aliphatic rings. The lowest BCUT2D eigenvalue weighted by molar-refractivity contribution is 0.0697. The van der Waals surface area contributed by atoms with E-state index in [1.54, 1.807) is 30.3 Å². The first kappa shape index (κ1) is 14.5. The molecule has 2 aromatic rings. The van der Waals surface area contributed by atoms with Gasteiger partial charge in [0.2, 0.25) is 0 Å². The smallest absolute Gasteiger partial charge is 0.336 e. The number of hydrogen-bond acceptors (Lipinski definition) is 4. The Morgan fingerprint density at radius 1 is 1.33 bits per heavy atom. The molecule has 2 rings (SSSR count). The molecule has 0 saturated heterocycles. The number of nitrogens with two attached hydrogens (primary N) is 1. The summed E-state index contributed by atoms with van der Waals surface area (Å²) in [5, 5.41) is 18.1. The van der Waals surface area contributed by atoms with Crippen LogP contribution >= 0.6 is 12.2 Å².